The maximum atomic E-state index is 12.4. The largest absolute Gasteiger partial charge is 0.356 e. The molecule has 0 aliphatic carbocycles. The van der Waals surface area contributed by atoms with Gasteiger partial charge in [-0.25, -0.2) is 0 Å². The van der Waals surface area contributed by atoms with Crippen LogP contribution >= 0.6 is 12.4 Å². The van der Waals surface area contributed by atoms with Crippen LogP contribution in [0, 0.1) is 11.8 Å². The first-order chi connectivity index (χ1) is 11.7. The van der Waals surface area contributed by atoms with E-state index >= 15 is 0 Å². The van der Waals surface area contributed by atoms with Gasteiger partial charge in [0.2, 0.25) is 5.91 Å². The molecule has 2 saturated heterocycles. The molecular formula is C19H28ClN3O2. The number of amides is 2. The van der Waals surface area contributed by atoms with E-state index in [4.69, 9.17) is 0 Å². The lowest BCUT2D eigenvalue weighted by atomic mass is 9.95. The summed E-state index contributed by atoms with van der Waals surface area (Å²) in [5.41, 5.74) is 0.727. The number of rotatable bonds is 5. The lowest BCUT2D eigenvalue weighted by Gasteiger charge is -2.31. The SMILES string of the molecule is Cl.O=C(NCCC1CCNC1)C1CCN(C(=O)c2ccccc2)CC1. The normalized spacial score (nSPS) is 20.8. The lowest BCUT2D eigenvalue weighted by Crippen LogP contribution is -2.43. The second-order valence-corrected chi connectivity index (χ2v) is 6.87. The maximum Gasteiger partial charge on any atom is 0.253 e. The lowest BCUT2D eigenvalue weighted by molar-refractivity contribution is -0.126. The van der Waals surface area contributed by atoms with E-state index in [1.165, 1.54) is 6.42 Å². The highest BCUT2D eigenvalue weighted by atomic mass is 35.5. The number of likely N-dealkylation sites (tertiary alicyclic amines) is 1. The molecule has 1 aromatic rings. The molecule has 0 radical (unpaired) electrons. The molecule has 0 saturated carbocycles. The van der Waals surface area contributed by atoms with Crippen molar-refractivity contribution in [2.75, 3.05) is 32.7 Å². The molecule has 0 spiro atoms. The van der Waals surface area contributed by atoms with Crippen LogP contribution in [0.25, 0.3) is 0 Å². The first-order valence-corrected chi connectivity index (χ1v) is 9.07. The minimum absolute atomic E-state index is 0. The van der Waals surface area contributed by atoms with Crippen molar-refractivity contribution in [2.45, 2.75) is 25.7 Å². The summed E-state index contributed by atoms with van der Waals surface area (Å²) in [5, 5.41) is 6.44. The van der Waals surface area contributed by atoms with Gasteiger partial charge in [-0.3, -0.25) is 9.59 Å². The number of benzene rings is 1. The number of nitrogens with zero attached hydrogens (tertiary/aromatic N) is 1. The summed E-state index contributed by atoms with van der Waals surface area (Å²) in [5.74, 6) is 0.984. The molecule has 138 valence electrons. The van der Waals surface area contributed by atoms with Crippen LogP contribution in [-0.4, -0.2) is 49.4 Å². The summed E-state index contributed by atoms with van der Waals surface area (Å²) in [6, 6.07) is 9.37. The van der Waals surface area contributed by atoms with Crippen molar-refractivity contribution in [1.82, 2.24) is 15.5 Å². The highest BCUT2D eigenvalue weighted by molar-refractivity contribution is 5.94. The molecule has 1 unspecified atom stereocenters. The molecule has 2 fully saturated rings. The molecule has 2 aliphatic rings. The number of halogens is 1. The monoisotopic (exact) mass is 365 g/mol. The second kappa shape index (κ2) is 9.78. The Hall–Kier alpha value is -1.59. The predicted molar refractivity (Wildman–Crippen MR) is 101 cm³/mol. The molecule has 3 rings (SSSR count). The van der Waals surface area contributed by atoms with Gasteiger partial charge in [0, 0.05) is 31.1 Å². The Bertz CT molecular complexity index is 553. The zero-order valence-electron chi connectivity index (χ0n) is 14.6. The Morgan fingerprint density at radius 3 is 2.48 bits per heavy atom. The van der Waals surface area contributed by atoms with E-state index in [1.54, 1.807) is 0 Å². The molecule has 6 heteroatoms. The van der Waals surface area contributed by atoms with E-state index in [0.29, 0.717) is 19.0 Å². The Morgan fingerprint density at radius 2 is 1.84 bits per heavy atom. The average molecular weight is 366 g/mol. The van der Waals surface area contributed by atoms with Gasteiger partial charge in [-0.05, 0) is 56.8 Å². The molecule has 1 atom stereocenters. The fourth-order valence-electron chi connectivity index (χ4n) is 3.61. The van der Waals surface area contributed by atoms with E-state index in [9.17, 15) is 9.59 Å². The average Bonchev–Trinajstić information content (AvgIpc) is 3.15. The fraction of sp³-hybridized carbons (Fsp3) is 0.579. The van der Waals surface area contributed by atoms with Crippen LogP contribution in [0.1, 0.15) is 36.0 Å². The first-order valence-electron chi connectivity index (χ1n) is 9.07. The van der Waals surface area contributed by atoms with Crippen molar-refractivity contribution in [3.8, 4) is 0 Å². The summed E-state index contributed by atoms with van der Waals surface area (Å²) < 4.78 is 0. The number of piperidine rings is 1. The highest BCUT2D eigenvalue weighted by Crippen LogP contribution is 2.19. The standard InChI is InChI=1S/C19H27N3O2.ClH/c23-18(21-11-7-15-6-10-20-14-15)16-8-12-22(13-9-16)19(24)17-4-2-1-3-5-17;/h1-5,15-16,20H,6-14H2,(H,21,23);1H. The van der Waals surface area contributed by atoms with Crippen LogP contribution in [0.5, 0.6) is 0 Å². The smallest absolute Gasteiger partial charge is 0.253 e. The molecule has 5 nitrogen and oxygen atoms in total. The van der Waals surface area contributed by atoms with Crippen LogP contribution in [0.4, 0.5) is 0 Å². The zero-order valence-corrected chi connectivity index (χ0v) is 15.4. The second-order valence-electron chi connectivity index (χ2n) is 6.87. The summed E-state index contributed by atoms with van der Waals surface area (Å²) in [7, 11) is 0. The van der Waals surface area contributed by atoms with Gasteiger partial charge in [-0.15, -0.1) is 12.4 Å². The third-order valence-electron chi connectivity index (χ3n) is 5.19. The van der Waals surface area contributed by atoms with Crippen LogP contribution in [-0.2, 0) is 4.79 Å². The third-order valence-corrected chi connectivity index (χ3v) is 5.19. The summed E-state index contributed by atoms with van der Waals surface area (Å²) in [4.78, 5) is 26.6. The number of nitrogens with one attached hydrogen (secondary N) is 2. The van der Waals surface area contributed by atoms with E-state index in [2.05, 4.69) is 10.6 Å². The van der Waals surface area contributed by atoms with Crippen LogP contribution in [0.2, 0.25) is 0 Å². The third kappa shape index (κ3) is 5.44. The van der Waals surface area contributed by atoms with Crippen molar-refractivity contribution in [3.63, 3.8) is 0 Å². The van der Waals surface area contributed by atoms with Crippen molar-refractivity contribution < 1.29 is 9.59 Å². The van der Waals surface area contributed by atoms with Gasteiger partial charge in [0.25, 0.3) is 5.91 Å². The molecule has 2 amide bonds. The molecule has 2 N–H and O–H groups in total. The highest BCUT2D eigenvalue weighted by Gasteiger charge is 2.27. The van der Waals surface area contributed by atoms with Gasteiger partial charge < -0.3 is 15.5 Å². The van der Waals surface area contributed by atoms with Gasteiger partial charge in [0.15, 0.2) is 0 Å². The predicted octanol–water partition coefficient (Wildman–Crippen LogP) is 2.08. The maximum absolute atomic E-state index is 12.4. The quantitative estimate of drug-likeness (QED) is 0.839. The Kier molecular flexibility index (Phi) is 7.72. The summed E-state index contributed by atoms with van der Waals surface area (Å²) >= 11 is 0. The summed E-state index contributed by atoms with van der Waals surface area (Å²) in [6.07, 6.45) is 3.80. The van der Waals surface area contributed by atoms with Crippen molar-refractivity contribution in [1.29, 1.82) is 0 Å². The van der Waals surface area contributed by atoms with E-state index in [-0.39, 0.29) is 30.1 Å². The molecule has 25 heavy (non-hydrogen) atoms. The molecule has 2 heterocycles. The molecule has 1 aromatic carbocycles. The van der Waals surface area contributed by atoms with Crippen molar-refractivity contribution in [3.05, 3.63) is 35.9 Å². The molecular weight excluding hydrogens is 338 g/mol. The summed E-state index contributed by atoms with van der Waals surface area (Å²) in [6.45, 7) is 4.29. The molecule has 2 aliphatic heterocycles. The van der Waals surface area contributed by atoms with Crippen LogP contribution in [0.3, 0.4) is 0 Å². The fourth-order valence-corrected chi connectivity index (χ4v) is 3.61. The number of carbonyl (C=O) groups is 2. The topological polar surface area (TPSA) is 61.4 Å². The zero-order chi connectivity index (χ0) is 16.8. The van der Waals surface area contributed by atoms with Crippen LogP contribution < -0.4 is 10.6 Å². The van der Waals surface area contributed by atoms with E-state index in [0.717, 1.165) is 44.5 Å². The Labute approximate surface area is 155 Å². The van der Waals surface area contributed by atoms with Gasteiger partial charge in [0.05, 0.1) is 0 Å². The number of carbonyl (C=O) groups excluding carboxylic acids is 2. The van der Waals surface area contributed by atoms with Crippen molar-refractivity contribution in [2.24, 2.45) is 11.8 Å². The minimum atomic E-state index is 0. The van der Waals surface area contributed by atoms with E-state index in [1.807, 2.05) is 35.2 Å². The van der Waals surface area contributed by atoms with Gasteiger partial charge in [-0.1, -0.05) is 18.2 Å². The Morgan fingerprint density at radius 1 is 1.12 bits per heavy atom. The molecule has 0 aromatic heterocycles. The van der Waals surface area contributed by atoms with Gasteiger partial charge in [0.1, 0.15) is 0 Å². The van der Waals surface area contributed by atoms with Gasteiger partial charge >= 0.3 is 0 Å². The number of hydrogen-bond donors (Lipinski definition) is 2. The van der Waals surface area contributed by atoms with Crippen LogP contribution in [0.15, 0.2) is 30.3 Å². The molecule has 0 bridgehead atoms. The minimum Gasteiger partial charge on any atom is -0.356 e. The van der Waals surface area contributed by atoms with E-state index < -0.39 is 0 Å². The Balaban J connectivity index is 0.00000225. The van der Waals surface area contributed by atoms with Gasteiger partial charge in [-0.2, -0.15) is 0 Å². The number of hydrogen-bond acceptors (Lipinski definition) is 3. The first kappa shape index (κ1) is 19.7. The van der Waals surface area contributed by atoms with Crippen molar-refractivity contribution >= 4 is 24.2 Å².